The number of benzene rings is 1. The lowest BCUT2D eigenvalue weighted by molar-refractivity contribution is 0.283. The van der Waals surface area contributed by atoms with Gasteiger partial charge in [-0.05, 0) is 64.7 Å². The van der Waals surface area contributed by atoms with Gasteiger partial charge in [0.25, 0.3) is 5.56 Å². The number of aromatic nitrogens is 1. The summed E-state index contributed by atoms with van der Waals surface area (Å²) in [6.07, 6.45) is 10.3. The standard InChI is InChI=1S/C28H41NO4/c1-7-9-17-29-25-20-23(32-19-16-22(5)13-11-12-21(3)4)14-15-24(25)26(31-6)27(28(29)30)33-18-10-8-2/h12,14-16,20H,7-11,13,17-19H2,1-6H3/b22-16+. The first-order valence-electron chi connectivity index (χ1n) is 12.2. The van der Waals surface area contributed by atoms with Crippen molar-refractivity contribution >= 4 is 10.9 Å². The van der Waals surface area contributed by atoms with Crippen LogP contribution in [-0.4, -0.2) is 24.9 Å². The minimum absolute atomic E-state index is 0.143. The highest BCUT2D eigenvalue weighted by Gasteiger charge is 2.19. The number of rotatable bonds is 14. The summed E-state index contributed by atoms with van der Waals surface area (Å²) < 4.78 is 19.4. The van der Waals surface area contributed by atoms with E-state index in [1.54, 1.807) is 11.7 Å². The fourth-order valence-corrected chi connectivity index (χ4v) is 3.63. The molecule has 1 heterocycles. The van der Waals surface area contributed by atoms with Crippen LogP contribution in [-0.2, 0) is 6.54 Å². The highest BCUT2D eigenvalue weighted by atomic mass is 16.5. The molecule has 0 bridgehead atoms. The molecule has 0 aliphatic heterocycles. The number of methoxy groups -OCH3 is 1. The first kappa shape index (κ1) is 26.6. The Labute approximate surface area is 199 Å². The Morgan fingerprint density at radius 2 is 1.76 bits per heavy atom. The normalized spacial score (nSPS) is 11.5. The van der Waals surface area contributed by atoms with Crippen molar-refractivity contribution in [2.75, 3.05) is 20.3 Å². The van der Waals surface area contributed by atoms with Crippen LogP contribution in [0.1, 0.15) is 73.1 Å². The molecule has 0 radical (unpaired) electrons. The molecule has 0 saturated heterocycles. The van der Waals surface area contributed by atoms with E-state index in [1.807, 2.05) is 18.2 Å². The van der Waals surface area contributed by atoms with Gasteiger partial charge < -0.3 is 18.8 Å². The van der Waals surface area contributed by atoms with Crippen LogP contribution >= 0.6 is 0 Å². The molecule has 0 atom stereocenters. The number of allylic oxidation sites excluding steroid dienone is 3. The molecule has 0 amide bonds. The highest BCUT2D eigenvalue weighted by molar-refractivity contribution is 5.89. The van der Waals surface area contributed by atoms with E-state index >= 15 is 0 Å². The molecule has 1 aromatic carbocycles. The second-order valence-electron chi connectivity index (χ2n) is 8.74. The van der Waals surface area contributed by atoms with E-state index in [4.69, 9.17) is 14.2 Å². The molecule has 2 rings (SSSR count). The zero-order valence-corrected chi connectivity index (χ0v) is 21.3. The van der Waals surface area contributed by atoms with Gasteiger partial charge in [-0.2, -0.15) is 0 Å². The number of aryl methyl sites for hydroxylation is 1. The lowest BCUT2D eigenvalue weighted by atomic mass is 10.1. The number of hydrogen-bond acceptors (Lipinski definition) is 4. The SMILES string of the molecule is CCCCOc1c(OC)c2ccc(OC/C=C(\C)CCC=C(C)C)cc2n(CCCC)c1=O. The Morgan fingerprint density at radius 3 is 2.42 bits per heavy atom. The Hall–Kier alpha value is -2.69. The van der Waals surface area contributed by atoms with E-state index in [9.17, 15) is 4.79 Å². The molecular weight excluding hydrogens is 414 g/mol. The van der Waals surface area contributed by atoms with Gasteiger partial charge in [0.1, 0.15) is 12.4 Å². The van der Waals surface area contributed by atoms with Crippen molar-refractivity contribution in [2.45, 2.75) is 79.7 Å². The average molecular weight is 456 g/mol. The minimum atomic E-state index is -0.143. The molecule has 0 fully saturated rings. The van der Waals surface area contributed by atoms with Crippen LogP contribution in [0.25, 0.3) is 10.9 Å². The lowest BCUT2D eigenvalue weighted by Gasteiger charge is -2.18. The predicted molar refractivity (Wildman–Crippen MR) is 138 cm³/mol. The maximum absolute atomic E-state index is 13.3. The van der Waals surface area contributed by atoms with E-state index in [2.05, 4.69) is 46.8 Å². The maximum atomic E-state index is 13.3. The smallest absolute Gasteiger partial charge is 0.297 e. The predicted octanol–water partition coefficient (Wildman–Crippen LogP) is 7.06. The monoisotopic (exact) mass is 455 g/mol. The van der Waals surface area contributed by atoms with E-state index < -0.39 is 0 Å². The Morgan fingerprint density at radius 1 is 1.00 bits per heavy atom. The average Bonchev–Trinajstić information content (AvgIpc) is 2.79. The van der Waals surface area contributed by atoms with Gasteiger partial charge in [-0.15, -0.1) is 0 Å². The third-order valence-electron chi connectivity index (χ3n) is 5.61. The van der Waals surface area contributed by atoms with Crippen LogP contribution in [0.3, 0.4) is 0 Å². The highest BCUT2D eigenvalue weighted by Crippen LogP contribution is 2.34. The maximum Gasteiger partial charge on any atom is 0.297 e. The molecule has 2 aromatic rings. The number of nitrogens with zero attached hydrogens (tertiary/aromatic N) is 1. The van der Waals surface area contributed by atoms with Gasteiger partial charge in [0, 0.05) is 18.0 Å². The van der Waals surface area contributed by atoms with Crippen LogP contribution in [0.5, 0.6) is 17.2 Å². The van der Waals surface area contributed by atoms with Crippen LogP contribution < -0.4 is 19.8 Å². The van der Waals surface area contributed by atoms with Gasteiger partial charge in [-0.3, -0.25) is 4.79 Å². The van der Waals surface area contributed by atoms with Crippen molar-refractivity contribution in [3.8, 4) is 17.2 Å². The Kier molecular flexibility index (Phi) is 11.1. The largest absolute Gasteiger partial charge is 0.492 e. The van der Waals surface area contributed by atoms with Gasteiger partial charge in [0.15, 0.2) is 5.75 Å². The molecule has 182 valence electrons. The molecular formula is C28H41NO4. The molecule has 0 spiro atoms. The number of ether oxygens (including phenoxy) is 3. The quantitative estimate of drug-likeness (QED) is 0.226. The zero-order chi connectivity index (χ0) is 24.2. The summed E-state index contributed by atoms with van der Waals surface area (Å²) in [5, 5.41) is 0.862. The number of fused-ring (bicyclic) bond motifs is 1. The van der Waals surface area contributed by atoms with Crippen molar-refractivity contribution in [1.82, 2.24) is 4.57 Å². The Balaban J connectivity index is 2.34. The van der Waals surface area contributed by atoms with E-state index in [0.29, 0.717) is 31.3 Å². The number of unbranched alkanes of at least 4 members (excludes halogenated alkanes) is 2. The van der Waals surface area contributed by atoms with Gasteiger partial charge in [-0.1, -0.05) is 43.9 Å². The van der Waals surface area contributed by atoms with Crippen molar-refractivity contribution in [2.24, 2.45) is 0 Å². The zero-order valence-electron chi connectivity index (χ0n) is 21.3. The molecule has 5 nitrogen and oxygen atoms in total. The van der Waals surface area contributed by atoms with Crippen LogP contribution in [0, 0.1) is 0 Å². The fraction of sp³-hybridized carbons (Fsp3) is 0.536. The topological polar surface area (TPSA) is 49.7 Å². The number of pyridine rings is 1. The van der Waals surface area contributed by atoms with E-state index in [1.165, 1.54) is 11.1 Å². The second-order valence-corrected chi connectivity index (χ2v) is 8.74. The van der Waals surface area contributed by atoms with Gasteiger partial charge >= 0.3 is 0 Å². The summed E-state index contributed by atoms with van der Waals surface area (Å²) in [7, 11) is 1.59. The van der Waals surface area contributed by atoms with Crippen LogP contribution in [0.4, 0.5) is 0 Å². The van der Waals surface area contributed by atoms with Crippen LogP contribution in [0.15, 0.2) is 46.3 Å². The first-order valence-corrected chi connectivity index (χ1v) is 12.2. The summed E-state index contributed by atoms with van der Waals surface area (Å²) in [5.74, 6) is 1.54. The van der Waals surface area contributed by atoms with Crippen LogP contribution in [0.2, 0.25) is 0 Å². The van der Waals surface area contributed by atoms with E-state index in [-0.39, 0.29) is 5.56 Å². The summed E-state index contributed by atoms with van der Waals surface area (Å²) in [6, 6.07) is 5.84. The summed E-state index contributed by atoms with van der Waals surface area (Å²) in [5.41, 5.74) is 3.33. The molecule has 0 saturated carbocycles. The molecule has 5 heteroatoms. The second kappa shape index (κ2) is 13.8. The summed E-state index contributed by atoms with van der Waals surface area (Å²) in [6.45, 7) is 12.2. The molecule has 0 aliphatic carbocycles. The fourth-order valence-electron chi connectivity index (χ4n) is 3.63. The summed E-state index contributed by atoms with van der Waals surface area (Å²) >= 11 is 0. The molecule has 1 aromatic heterocycles. The van der Waals surface area contributed by atoms with Crippen molar-refractivity contribution < 1.29 is 14.2 Å². The van der Waals surface area contributed by atoms with E-state index in [0.717, 1.165) is 55.2 Å². The van der Waals surface area contributed by atoms with Crippen molar-refractivity contribution in [3.05, 3.63) is 51.9 Å². The summed E-state index contributed by atoms with van der Waals surface area (Å²) in [4.78, 5) is 13.3. The van der Waals surface area contributed by atoms with Gasteiger partial charge in [0.2, 0.25) is 5.75 Å². The molecule has 0 aliphatic rings. The molecule has 33 heavy (non-hydrogen) atoms. The molecule has 0 N–H and O–H groups in total. The minimum Gasteiger partial charge on any atom is -0.492 e. The van der Waals surface area contributed by atoms with Crippen molar-refractivity contribution in [1.29, 1.82) is 0 Å². The van der Waals surface area contributed by atoms with Gasteiger partial charge in [0.05, 0.1) is 19.2 Å². The first-order chi connectivity index (χ1) is 15.9. The number of hydrogen-bond donors (Lipinski definition) is 0. The third kappa shape index (κ3) is 7.69. The van der Waals surface area contributed by atoms with Crippen molar-refractivity contribution in [3.63, 3.8) is 0 Å². The molecule has 0 unspecified atom stereocenters. The third-order valence-corrected chi connectivity index (χ3v) is 5.61. The lowest BCUT2D eigenvalue weighted by Crippen LogP contribution is -2.24. The van der Waals surface area contributed by atoms with Gasteiger partial charge in [-0.25, -0.2) is 0 Å². The Bertz CT molecular complexity index is 1010.